The van der Waals surface area contributed by atoms with E-state index in [1.807, 2.05) is 11.0 Å². The van der Waals surface area contributed by atoms with Crippen molar-refractivity contribution in [3.8, 4) is 11.3 Å². The summed E-state index contributed by atoms with van der Waals surface area (Å²) in [4.78, 5) is 14.8. The zero-order chi connectivity index (χ0) is 17.4. The van der Waals surface area contributed by atoms with Gasteiger partial charge in [-0.1, -0.05) is 31.2 Å². The highest BCUT2D eigenvalue weighted by molar-refractivity contribution is 5.93. The first-order valence-corrected chi connectivity index (χ1v) is 9.16. The van der Waals surface area contributed by atoms with Crippen molar-refractivity contribution in [2.75, 3.05) is 20.2 Å². The molecule has 1 aliphatic heterocycles. The number of aromatic nitrogens is 2. The summed E-state index contributed by atoms with van der Waals surface area (Å²) in [6, 6.07) is 10.2. The van der Waals surface area contributed by atoms with Crippen LogP contribution in [-0.2, 0) is 11.2 Å². The van der Waals surface area contributed by atoms with Crippen LogP contribution in [0.2, 0.25) is 0 Å². The molecule has 3 atom stereocenters. The van der Waals surface area contributed by atoms with Gasteiger partial charge in [0.25, 0.3) is 5.91 Å². The lowest BCUT2D eigenvalue weighted by Gasteiger charge is -2.36. The summed E-state index contributed by atoms with van der Waals surface area (Å²) in [6.07, 6.45) is 3.65. The van der Waals surface area contributed by atoms with Crippen LogP contribution < -0.4 is 0 Å². The van der Waals surface area contributed by atoms with Gasteiger partial charge in [0.2, 0.25) is 0 Å². The zero-order valence-corrected chi connectivity index (χ0v) is 14.9. The molecule has 0 radical (unpaired) electrons. The largest absolute Gasteiger partial charge is 0.381 e. The molecule has 2 aromatic rings. The lowest BCUT2D eigenvalue weighted by Crippen LogP contribution is -2.48. The van der Waals surface area contributed by atoms with Crippen LogP contribution in [0.5, 0.6) is 0 Å². The molecule has 2 bridgehead atoms. The lowest BCUT2D eigenvalue weighted by atomic mass is 9.94. The van der Waals surface area contributed by atoms with Crippen molar-refractivity contribution in [1.82, 2.24) is 15.1 Å². The molecule has 2 fully saturated rings. The monoisotopic (exact) mass is 339 g/mol. The Morgan fingerprint density at radius 3 is 2.52 bits per heavy atom. The number of hydrogen-bond acceptors (Lipinski definition) is 3. The van der Waals surface area contributed by atoms with Crippen molar-refractivity contribution in [2.24, 2.45) is 11.8 Å². The van der Waals surface area contributed by atoms with Gasteiger partial charge in [-0.15, -0.1) is 0 Å². The number of likely N-dealkylation sites (tertiary alicyclic amines) is 1. The van der Waals surface area contributed by atoms with Crippen LogP contribution in [0.3, 0.4) is 0 Å². The number of fused-ring (bicyclic) bond motifs is 2. The van der Waals surface area contributed by atoms with Crippen LogP contribution in [0.4, 0.5) is 0 Å². The fraction of sp³-hybridized carbons (Fsp3) is 0.500. The van der Waals surface area contributed by atoms with Crippen molar-refractivity contribution in [2.45, 2.75) is 32.3 Å². The number of hydrogen-bond donors (Lipinski definition) is 1. The lowest BCUT2D eigenvalue weighted by molar-refractivity contribution is -0.0115. The van der Waals surface area contributed by atoms with Crippen LogP contribution in [0.25, 0.3) is 11.3 Å². The highest BCUT2D eigenvalue weighted by atomic mass is 16.5. The minimum atomic E-state index is 0.0513. The van der Waals surface area contributed by atoms with Gasteiger partial charge < -0.3 is 9.64 Å². The summed E-state index contributed by atoms with van der Waals surface area (Å²) >= 11 is 0. The van der Waals surface area contributed by atoms with Crippen LogP contribution in [0.15, 0.2) is 30.3 Å². The van der Waals surface area contributed by atoms with Gasteiger partial charge in [-0.25, -0.2) is 0 Å². The molecule has 1 aromatic carbocycles. The second kappa shape index (κ2) is 6.64. The second-order valence-electron chi connectivity index (χ2n) is 7.23. The Balaban J connectivity index is 1.49. The second-order valence-corrected chi connectivity index (χ2v) is 7.23. The zero-order valence-electron chi connectivity index (χ0n) is 14.9. The topological polar surface area (TPSA) is 58.2 Å². The first kappa shape index (κ1) is 16.3. The Hall–Kier alpha value is -2.14. The summed E-state index contributed by atoms with van der Waals surface area (Å²) < 4.78 is 5.63. The molecule has 1 N–H and O–H groups in total. The fourth-order valence-corrected chi connectivity index (χ4v) is 4.38. The third-order valence-electron chi connectivity index (χ3n) is 5.77. The average Bonchev–Trinajstić information content (AvgIpc) is 3.23. The Labute approximate surface area is 148 Å². The molecule has 4 rings (SSSR count). The Morgan fingerprint density at radius 2 is 1.92 bits per heavy atom. The van der Waals surface area contributed by atoms with Crippen molar-refractivity contribution in [3.05, 3.63) is 41.6 Å². The molecule has 5 heteroatoms. The summed E-state index contributed by atoms with van der Waals surface area (Å²) in [7, 11) is 1.79. The summed E-state index contributed by atoms with van der Waals surface area (Å²) in [5.41, 5.74) is 3.73. The van der Waals surface area contributed by atoms with E-state index in [2.05, 4.69) is 41.4 Å². The quantitative estimate of drug-likeness (QED) is 0.931. The van der Waals surface area contributed by atoms with Crippen molar-refractivity contribution < 1.29 is 9.53 Å². The number of ether oxygens (including phenoxy) is 1. The number of nitrogens with one attached hydrogen (secondary N) is 1. The summed E-state index contributed by atoms with van der Waals surface area (Å²) in [5.74, 6) is 0.990. The number of H-pyrrole nitrogens is 1. The van der Waals surface area contributed by atoms with Crippen LogP contribution in [0.1, 0.15) is 35.8 Å². The predicted octanol–water partition coefficient (Wildman–Crippen LogP) is 3.14. The van der Waals surface area contributed by atoms with E-state index in [-0.39, 0.29) is 5.91 Å². The molecule has 1 aliphatic carbocycles. The van der Waals surface area contributed by atoms with Crippen molar-refractivity contribution >= 4 is 5.91 Å². The number of methoxy groups -OCH3 is 1. The first-order valence-electron chi connectivity index (χ1n) is 9.16. The number of nitrogens with zero attached hydrogens (tertiary/aromatic N) is 2. The number of benzene rings is 1. The molecule has 0 spiro atoms. The van der Waals surface area contributed by atoms with E-state index in [1.54, 1.807) is 7.11 Å². The van der Waals surface area contributed by atoms with Crippen LogP contribution in [0, 0.1) is 11.8 Å². The molecule has 25 heavy (non-hydrogen) atoms. The molecule has 1 unspecified atom stereocenters. The van der Waals surface area contributed by atoms with E-state index in [0.717, 1.165) is 43.6 Å². The molecule has 1 saturated carbocycles. The molecule has 1 amide bonds. The molecular weight excluding hydrogens is 314 g/mol. The highest BCUT2D eigenvalue weighted by Gasteiger charge is 2.43. The molecular formula is C20H25N3O2. The van der Waals surface area contributed by atoms with Gasteiger partial charge in [0.05, 0.1) is 11.8 Å². The third kappa shape index (κ3) is 2.97. The van der Waals surface area contributed by atoms with Gasteiger partial charge in [0, 0.05) is 37.6 Å². The highest BCUT2D eigenvalue weighted by Crippen LogP contribution is 2.39. The third-order valence-corrected chi connectivity index (χ3v) is 5.77. The first-order chi connectivity index (χ1) is 12.2. The maximum Gasteiger partial charge on any atom is 0.271 e. The molecule has 1 saturated heterocycles. The van der Waals surface area contributed by atoms with E-state index in [0.29, 0.717) is 23.6 Å². The summed E-state index contributed by atoms with van der Waals surface area (Å²) in [6.45, 7) is 3.71. The molecule has 132 valence electrons. The van der Waals surface area contributed by atoms with Crippen LogP contribution in [-0.4, -0.2) is 47.3 Å². The average molecular weight is 339 g/mol. The van der Waals surface area contributed by atoms with Crippen molar-refractivity contribution in [3.63, 3.8) is 0 Å². The van der Waals surface area contributed by atoms with E-state index >= 15 is 0 Å². The Bertz CT molecular complexity index is 739. The van der Waals surface area contributed by atoms with E-state index in [4.69, 9.17) is 4.74 Å². The van der Waals surface area contributed by atoms with E-state index in [9.17, 15) is 4.79 Å². The maximum atomic E-state index is 12.9. The molecule has 1 aromatic heterocycles. The number of aromatic amines is 1. The fourth-order valence-electron chi connectivity index (χ4n) is 4.38. The van der Waals surface area contributed by atoms with E-state index in [1.165, 1.54) is 5.56 Å². The SMILES string of the molecule is CCc1ccc(-c2cc(C(=O)N3C[C@H]4CC[C@@H](C3)C4OC)[nH]n2)cc1. The van der Waals surface area contributed by atoms with Crippen LogP contribution >= 0.6 is 0 Å². The minimum absolute atomic E-state index is 0.0513. The minimum Gasteiger partial charge on any atom is -0.381 e. The number of piperidine rings is 1. The van der Waals surface area contributed by atoms with Gasteiger partial charge in [0.15, 0.2) is 0 Å². The summed E-state index contributed by atoms with van der Waals surface area (Å²) in [5, 5.41) is 7.28. The molecule has 5 nitrogen and oxygen atoms in total. The number of carbonyl (C=O) groups is 1. The van der Waals surface area contributed by atoms with Gasteiger partial charge in [-0.3, -0.25) is 9.89 Å². The number of amides is 1. The normalized spacial score (nSPS) is 25.4. The maximum absolute atomic E-state index is 12.9. The van der Waals surface area contributed by atoms with Gasteiger partial charge in [0.1, 0.15) is 5.69 Å². The number of aryl methyl sites for hydroxylation is 1. The van der Waals surface area contributed by atoms with E-state index < -0.39 is 0 Å². The number of rotatable bonds is 4. The standard InChI is InChI=1S/C20H25N3O2/c1-3-13-4-6-14(7-5-13)17-10-18(22-21-17)20(24)23-11-15-8-9-16(12-23)19(15)25-2/h4-7,10,15-16,19H,3,8-9,11-12H2,1-2H3,(H,21,22)/t15-,16+,19?. The van der Waals surface area contributed by atoms with Gasteiger partial charge in [-0.2, -0.15) is 5.10 Å². The van der Waals surface area contributed by atoms with Crippen molar-refractivity contribution in [1.29, 1.82) is 0 Å². The molecule has 2 heterocycles. The Kier molecular flexibility index (Phi) is 4.34. The van der Waals surface area contributed by atoms with Gasteiger partial charge >= 0.3 is 0 Å². The van der Waals surface area contributed by atoms with Gasteiger partial charge in [-0.05, 0) is 30.9 Å². The molecule has 2 aliphatic rings. The predicted molar refractivity (Wildman–Crippen MR) is 96.3 cm³/mol. The Morgan fingerprint density at radius 1 is 1.24 bits per heavy atom. The smallest absolute Gasteiger partial charge is 0.271 e. The number of carbonyl (C=O) groups excluding carboxylic acids is 1.